The van der Waals surface area contributed by atoms with Crippen molar-refractivity contribution >= 4 is 44.6 Å². The molecule has 0 fully saturated rings. The van der Waals surface area contributed by atoms with Crippen LogP contribution in [-0.2, 0) is 11.8 Å². The predicted molar refractivity (Wildman–Crippen MR) is 132 cm³/mol. The Morgan fingerprint density at radius 1 is 1.12 bits per heavy atom. The fourth-order valence-corrected chi connectivity index (χ4v) is 4.27. The largest absolute Gasteiger partial charge is 0.444 e. The molecule has 4 rings (SSSR count). The Kier molecular flexibility index (Phi) is 5.74. The van der Waals surface area contributed by atoms with E-state index in [4.69, 9.17) is 4.74 Å². The molecular weight excluding hydrogens is 416 g/mol. The van der Waals surface area contributed by atoms with Gasteiger partial charge < -0.3 is 19.9 Å². The molecule has 4 aromatic rings. The second-order valence-corrected chi connectivity index (χ2v) is 9.54. The van der Waals surface area contributed by atoms with Gasteiger partial charge in [0.1, 0.15) is 5.60 Å². The summed E-state index contributed by atoms with van der Waals surface area (Å²) in [6.07, 6.45) is 3.18. The SMILES string of the molecule is Cc1c2ccncc2cc2c3cc(C(=O)NC[C@@H](C)NC(=O)OC(C)(C)C)ccc3n(C)c12. The number of ether oxygens (including phenoxy) is 1. The highest BCUT2D eigenvalue weighted by molar-refractivity contribution is 6.15. The Labute approximate surface area is 193 Å². The number of carbonyl (C=O) groups excluding carboxylic acids is 2. The number of alkyl carbamates (subject to hydrolysis) is 1. The smallest absolute Gasteiger partial charge is 0.407 e. The van der Waals surface area contributed by atoms with Gasteiger partial charge in [-0.3, -0.25) is 9.78 Å². The van der Waals surface area contributed by atoms with E-state index < -0.39 is 11.7 Å². The molecule has 2 amide bonds. The third-order valence-electron chi connectivity index (χ3n) is 5.74. The molecule has 172 valence electrons. The quantitative estimate of drug-likeness (QED) is 0.470. The van der Waals surface area contributed by atoms with E-state index in [-0.39, 0.29) is 11.9 Å². The summed E-state index contributed by atoms with van der Waals surface area (Å²) in [4.78, 5) is 29.0. The summed E-state index contributed by atoms with van der Waals surface area (Å²) in [6, 6.07) is 9.65. The van der Waals surface area contributed by atoms with Gasteiger partial charge in [-0.2, -0.15) is 0 Å². The third kappa shape index (κ3) is 4.49. The average Bonchev–Trinajstić information content (AvgIpc) is 3.02. The fraction of sp³-hybridized carbons (Fsp3) is 0.346. The van der Waals surface area contributed by atoms with Crippen molar-refractivity contribution in [1.82, 2.24) is 20.2 Å². The van der Waals surface area contributed by atoms with Crippen LogP contribution in [0.1, 0.15) is 43.6 Å². The first-order valence-electron chi connectivity index (χ1n) is 11.1. The number of amides is 2. The highest BCUT2D eigenvalue weighted by atomic mass is 16.6. The zero-order chi connectivity index (χ0) is 23.9. The molecule has 0 bridgehead atoms. The van der Waals surface area contributed by atoms with Gasteiger partial charge in [0.15, 0.2) is 0 Å². The van der Waals surface area contributed by atoms with E-state index in [1.807, 2.05) is 64.4 Å². The van der Waals surface area contributed by atoms with Gasteiger partial charge in [0, 0.05) is 59.3 Å². The van der Waals surface area contributed by atoms with E-state index in [1.54, 1.807) is 0 Å². The number of nitrogens with one attached hydrogen (secondary N) is 2. The second-order valence-electron chi connectivity index (χ2n) is 9.54. The molecule has 0 aliphatic rings. The van der Waals surface area contributed by atoms with Crippen LogP contribution in [0, 0.1) is 6.92 Å². The van der Waals surface area contributed by atoms with Crippen LogP contribution in [0.4, 0.5) is 4.79 Å². The van der Waals surface area contributed by atoms with Gasteiger partial charge in [0.05, 0.1) is 5.52 Å². The molecule has 2 aromatic heterocycles. The first-order chi connectivity index (χ1) is 15.5. The molecule has 7 nitrogen and oxygen atoms in total. The molecule has 0 saturated heterocycles. The number of aryl methyl sites for hydroxylation is 2. The number of hydrogen-bond acceptors (Lipinski definition) is 4. The first-order valence-corrected chi connectivity index (χ1v) is 11.1. The maximum absolute atomic E-state index is 12.9. The van der Waals surface area contributed by atoms with E-state index in [0.29, 0.717) is 12.1 Å². The fourth-order valence-electron chi connectivity index (χ4n) is 4.27. The van der Waals surface area contributed by atoms with Crippen molar-refractivity contribution < 1.29 is 14.3 Å². The van der Waals surface area contributed by atoms with E-state index in [9.17, 15) is 9.59 Å². The van der Waals surface area contributed by atoms with Crippen LogP contribution >= 0.6 is 0 Å². The number of fused-ring (bicyclic) bond motifs is 4. The average molecular weight is 447 g/mol. The van der Waals surface area contributed by atoms with Crippen molar-refractivity contribution in [3.8, 4) is 0 Å². The van der Waals surface area contributed by atoms with Gasteiger partial charge in [-0.25, -0.2) is 4.79 Å². The van der Waals surface area contributed by atoms with E-state index >= 15 is 0 Å². The molecule has 1 atom stereocenters. The maximum atomic E-state index is 12.9. The van der Waals surface area contributed by atoms with Crippen LogP contribution in [0.2, 0.25) is 0 Å². The lowest BCUT2D eigenvalue weighted by molar-refractivity contribution is 0.0506. The number of benzene rings is 2. The van der Waals surface area contributed by atoms with Crippen molar-refractivity contribution in [3.63, 3.8) is 0 Å². The molecular formula is C26H30N4O3. The highest BCUT2D eigenvalue weighted by Gasteiger charge is 2.19. The molecule has 2 heterocycles. The standard InChI is InChI=1S/C26H30N4O3/c1-15(29-25(32)33-26(3,4)5)13-28-24(31)17-7-8-22-20(11-17)21-12-18-14-27-10-9-19(18)16(2)23(21)30(22)6/h7-12,14-15H,13H2,1-6H3,(H,28,31)(H,29,32)/t15-/m1/s1. The van der Waals surface area contributed by atoms with Crippen LogP contribution in [0.3, 0.4) is 0 Å². The van der Waals surface area contributed by atoms with Crippen molar-refractivity contribution in [2.24, 2.45) is 7.05 Å². The number of aromatic nitrogens is 2. The van der Waals surface area contributed by atoms with Crippen molar-refractivity contribution in [1.29, 1.82) is 0 Å². The number of nitrogens with zero attached hydrogens (tertiary/aromatic N) is 2. The topological polar surface area (TPSA) is 85.2 Å². The Balaban J connectivity index is 1.58. The maximum Gasteiger partial charge on any atom is 0.407 e. The summed E-state index contributed by atoms with van der Waals surface area (Å²) >= 11 is 0. The number of rotatable bonds is 4. The van der Waals surface area contributed by atoms with Crippen LogP contribution in [0.25, 0.3) is 32.6 Å². The molecule has 2 N–H and O–H groups in total. The first kappa shape index (κ1) is 22.6. The molecule has 0 aliphatic heterocycles. The highest BCUT2D eigenvalue weighted by Crippen LogP contribution is 2.35. The molecule has 0 saturated carbocycles. The van der Waals surface area contributed by atoms with Gasteiger partial charge in [-0.05, 0) is 75.9 Å². The van der Waals surface area contributed by atoms with Crippen LogP contribution < -0.4 is 10.6 Å². The van der Waals surface area contributed by atoms with Gasteiger partial charge in [-0.1, -0.05) is 0 Å². The van der Waals surface area contributed by atoms with Gasteiger partial charge in [-0.15, -0.1) is 0 Å². The Morgan fingerprint density at radius 3 is 2.61 bits per heavy atom. The van der Waals surface area contributed by atoms with Crippen molar-refractivity contribution in [2.45, 2.75) is 46.3 Å². The summed E-state index contributed by atoms with van der Waals surface area (Å²) in [5.74, 6) is -0.189. The zero-order valence-corrected chi connectivity index (χ0v) is 19.9. The zero-order valence-electron chi connectivity index (χ0n) is 19.9. The third-order valence-corrected chi connectivity index (χ3v) is 5.74. The summed E-state index contributed by atoms with van der Waals surface area (Å²) < 4.78 is 7.44. The minimum absolute atomic E-state index is 0.189. The normalized spacial score (nSPS) is 12.8. The lowest BCUT2D eigenvalue weighted by Crippen LogP contribution is -2.43. The summed E-state index contributed by atoms with van der Waals surface area (Å²) in [6.45, 7) is 9.66. The minimum atomic E-state index is -0.569. The Hall–Kier alpha value is -3.61. The van der Waals surface area contributed by atoms with E-state index in [1.165, 1.54) is 10.9 Å². The molecule has 2 aromatic carbocycles. The van der Waals surface area contributed by atoms with Crippen molar-refractivity contribution in [3.05, 3.63) is 53.9 Å². The monoisotopic (exact) mass is 446 g/mol. The molecule has 0 radical (unpaired) electrons. The molecule has 0 aliphatic carbocycles. The van der Waals surface area contributed by atoms with Gasteiger partial charge in [0.2, 0.25) is 0 Å². The molecule has 0 unspecified atom stereocenters. The number of carbonyl (C=O) groups is 2. The predicted octanol–water partition coefficient (Wildman–Crippen LogP) is 4.83. The summed E-state index contributed by atoms with van der Waals surface area (Å²) in [5, 5.41) is 10.0. The van der Waals surface area contributed by atoms with Gasteiger partial charge >= 0.3 is 6.09 Å². The van der Waals surface area contributed by atoms with E-state index in [0.717, 1.165) is 27.2 Å². The Morgan fingerprint density at radius 2 is 1.88 bits per heavy atom. The number of pyridine rings is 1. The van der Waals surface area contributed by atoms with E-state index in [2.05, 4.69) is 40.2 Å². The molecule has 7 heteroatoms. The number of hydrogen-bond donors (Lipinski definition) is 2. The second kappa shape index (κ2) is 8.39. The Bertz CT molecular complexity index is 1380. The molecule has 0 spiro atoms. The minimum Gasteiger partial charge on any atom is -0.444 e. The lowest BCUT2D eigenvalue weighted by Gasteiger charge is -2.22. The molecule has 33 heavy (non-hydrogen) atoms. The lowest BCUT2D eigenvalue weighted by atomic mass is 10.0. The van der Waals surface area contributed by atoms with Gasteiger partial charge in [0.25, 0.3) is 5.91 Å². The summed E-state index contributed by atoms with van der Waals surface area (Å²) in [7, 11) is 2.05. The summed E-state index contributed by atoms with van der Waals surface area (Å²) in [5.41, 5.74) is 3.41. The van der Waals surface area contributed by atoms with Crippen molar-refractivity contribution in [2.75, 3.05) is 6.54 Å². The van der Waals surface area contributed by atoms with Crippen LogP contribution in [0.15, 0.2) is 42.7 Å². The van der Waals surface area contributed by atoms with Crippen LogP contribution in [0.5, 0.6) is 0 Å². The van der Waals surface area contributed by atoms with Crippen LogP contribution in [-0.4, -0.2) is 39.7 Å².